The average Bonchev–Trinajstić information content (AvgIpc) is 2.57. The molecule has 0 saturated heterocycles. The molecule has 1 fully saturated rings. The van der Waals surface area contributed by atoms with E-state index < -0.39 is 0 Å². The molecule has 1 aromatic heterocycles. The fourth-order valence-corrected chi connectivity index (χ4v) is 2.41. The van der Waals surface area contributed by atoms with Crippen LogP contribution >= 0.6 is 11.3 Å². The zero-order chi connectivity index (χ0) is 9.80. The van der Waals surface area contributed by atoms with Gasteiger partial charge in [-0.2, -0.15) is 5.26 Å². The molecule has 0 atom stereocenters. The van der Waals surface area contributed by atoms with E-state index in [0.29, 0.717) is 0 Å². The van der Waals surface area contributed by atoms with Crippen LogP contribution in [0.15, 0.2) is 11.4 Å². The highest BCUT2D eigenvalue weighted by Crippen LogP contribution is 2.25. The highest BCUT2D eigenvalue weighted by molar-refractivity contribution is 7.10. The third kappa shape index (κ3) is 2.34. The van der Waals surface area contributed by atoms with Crippen molar-refractivity contribution in [1.29, 1.82) is 5.26 Å². The lowest BCUT2D eigenvalue weighted by Gasteiger charge is -2.25. The molecule has 0 unspecified atom stereocenters. The number of hydrogen-bond donors (Lipinski definition) is 1. The summed E-state index contributed by atoms with van der Waals surface area (Å²) in [6, 6.07) is 4.12. The van der Waals surface area contributed by atoms with Gasteiger partial charge in [-0.05, 0) is 31.4 Å². The van der Waals surface area contributed by atoms with Crippen LogP contribution in [0.25, 0.3) is 0 Å². The standard InChI is InChI=1S/C11H14N2S/c12-5-10-4-11(14-8-10)7-13-6-9-2-1-3-9/h4,8-9,13H,1-3,6-7H2. The fraction of sp³-hybridized carbons (Fsp3) is 0.545. The number of hydrogen-bond acceptors (Lipinski definition) is 3. The smallest absolute Gasteiger partial charge is 0.100 e. The first-order valence-electron chi connectivity index (χ1n) is 5.06. The topological polar surface area (TPSA) is 35.8 Å². The fourth-order valence-electron chi connectivity index (χ4n) is 1.63. The molecule has 0 amide bonds. The summed E-state index contributed by atoms with van der Waals surface area (Å²) in [5.74, 6) is 0.908. The summed E-state index contributed by atoms with van der Waals surface area (Å²) in [6.45, 7) is 2.06. The predicted octanol–water partition coefficient (Wildman–Crippen LogP) is 2.51. The van der Waals surface area contributed by atoms with Gasteiger partial charge < -0.3 is 5.32 Å². The van der Waals surface area contributed by atoms with Crippen molar-refractivity contribution in [2.45, 2.75) is 25.8 Å². The van der Waals surface area contributed by atoms with Crippen molar-refractivity contribution < 1.29 is 0 Å². The van der Waals surface area contributed by atoms with E-state index in [1.807, 2.05) is 11.4 Å². The van der Waals surface area contributed by atoms with Gasteiger partial charge in [0.05, 0.1) is 5.56 Å². The zero-order valence-electron chi connectivity index (χ0n) is 8.12. The highest BCUT2D eigenvalue weighted by atomic mass is 32.1. The van der Waals surface area contributed by atoms with Crippen LogP contribution in [0.2, 0.25) is 0 Å². The van der Waals surface area contributed by atoms with E-state index >= 15 is 0 Å². The van der Waals surface area contributed by atoms with Crippen LogP contribution in [0.4, 0.5) is 0 Å². The lowest BCUT2D eigenvalue weighted by molar-refractivity contribution is 0.301. The molecule has 1 aromatic rings. The van der Waals surface area contributed by atoms with Gasteiger partial charge in [-0.3, -0.25) is 0 Å². The monoisotopic (exact) mass is 206 g/mol. The van der Waals surface area contributed by atoms with Gasteiger partial charge in [0.15, 0.2) is 0 Å². The van der Waals surface area contributed by atoms with Crippen LogP contribution < -0.4 is 5.32 Å². The van der Waals surface area contributed by atoms with Crippen molar-refractivity contribution in [1.82, 2.24) is 5.32 Å². The SMILES string of the molecule is N#Cc1csc(CNCC2CCC2)c1. The van der Waals surface area contributed by atoms with Crippen molar-refractivity contribution in [3.05, 3.63) is 21.9 Å². The van der Waals surface area contributed by atoms with Gasteiger partial charge in [0.2, 0.25) is 0 Å². The first-order valence-corrected chi connectivity index (χ1v) is 5.94. The van der Waals surface area contributed by atoms with Gasteiger partial charge in [-0.15, -0.1) is 11.3 Å². The maximum absolute atomic E-state index is 8.65. The van der Waals surface area contributed by atoms with Crippen LogP contribution in [0.3, 0.4) is 0 Å². The summed E-state index contributed by atoms with van der Waals surface area (Å²) in [7, 11) is 0. The molecular weight excluding hydrogens is 192 g/mol. The zero-order valence-corrected chi connectivity index (χ0v) is 8.94. The Labute approximate surface area is 88.6 Å². The number of rotatable bonds is 4. The molecule has 1 heterocycles. The third-order valence-electron chi connectivity index (χ3n) is 2.74. The minimum absolute atomic E-state index is 0.787. The molecule has 0 spiro atoms. The Balaban J connectivity index is 1.72. The molecule has 2 rings (SSSR count). The number of nitrogens with zero attached hydrogens (tertiary/aromatic N) is 1. The summed E-state index contributed by atoms with van der Waals surface area (Å²) in [6.07, 6.45) is 4.19. The Morgan fingerprint density at radius 3 is 3.00 bits per heavy atom. The van der Waals surface area contributed by atoms with Crippen molar-refractivity contribution >= 4 is 11.3 Å². The summed E-state index contributed by atoms with van der Waals surface area (Å²) < 4.78 is 0. The minimum atomic E-state index is 0.787. The maximum atomic E-state index is 8.65. The van der Waals surface area contributed by atoms with Crippen molar-refractivity contribution in [2.24, 2.45) is 5.92 Å². The number of thiophene rings is 1. The first-order chi connectivity index (χ1) is 6.88. The van der Waals surface area contributed by atoms with E-state index in [1.54, 1.807) is 11.3 Å². The molecule has 0 aromatic carbocycles. The number of nitrogens with one attached hydrogen (secondary N) is 1. The Morgan fingerprint density at radius 1 is 1.57 bits per heavy atom. The van der Waals surface area contributed by atoms with Gasteiger partial charge in [0.1, 0.15) is 6.07 Å². The minimum Gasteiger partial charge on any atom is -0.312 e. The molecule has 14 heavy (non-hydrogen) atoms. The van der Waals surface area contributed by atoms with Crippen molar-refractivity contribution in [2.75, 3.05) is 6.54 Å². The molecule has 1 saturated carbocycles. The van der Waals surface area contributed by atoms with Crippen LogP contribution in [0, 0.1) is 17.2 Å². The Hall–Kier alpha value is -0.850. The van der Waals surface area contributed by atoms with E-state index in [2.05, 4.69) is 11.4 Å². The molecule has 0 aliphatic heterocycles. The van der Waals surface area contributed by atoms with Gasteiger partial charge in [0, 0.05) is 16.8 Å². The van der Waals surface area contributed by atoms with E-state index in [0.717, 1.165) is 24.6 Å². The largest absolute Gasteiger partial charge is 0.312 e. The lowest BCUT2D eigenvalue weighted by atomic mass is 9.85. The molecular formula is C11H14N2S. The molecule has 1 aliphatic rings. The maximum Gasteiger partial charge on any atom is 0.100 e. The van der Waals surface area contributed by atoms with Crippen LogP contribution in [-0.2, 0) is 6.54 Å². The Bertz CT molecular complexity index is 333. The van der Waals surface area contributed by atoms with Crippen molar-refractivity contribution in [3.63, 3.8) is 0 Å². The van der Waals surface area contributed by atoms with Crippen LogP contribution in [0.1, 0.15) is 29.7 Å². The van der Waals surface area contributed by atoms with E-state index in [9.17, 15) is 0 Å². The second-order valence-corrected chi connectivity index (χ2v) is 4.84. The van der Waals surface area contributed by atoms with Gasteiger partial charge >= 0.3 is 0 Å². The second-order valence-electron chi connectivity index (χ2n) is 3.84. The van der Waals surface area contributed by atoms with E-state index in [1.165, 1.54) is 24.1 Å². The summed E-state index contributed by atoms with van der Waals surface area (Å²) in [5, 5.41) is 14.0. The summed E-state index contributed by atoms with van der Waals surface area (Å²) >= 11 is 1.67. The molecule has 0 radical (unpaired) electrons. The number of nitriles is 1. The predicted molar refractivity (Wildman–Crippen MR) is 58.1 cm³/mol. The quantitative estimate of drug-likeness (QED) is 0.821. The second kappa shape index (κ2) is 4.59. The lowest BCUT2D eigenvalue weighted by Crippen LogP contribution is -2.26. The normalized spacial score (nSPS) is 16.2. The Morgan fingerprint density at radius 2 is 2.43 bits per heavy atom. The van der Waals surface area contributed by atoms with Crippen LogP contribution in [-0.4, -0.2) is 6.54 Å². The summed E-state index contributed by atoms with van der Waals surface area (Å²) in [5.41, 5.74) is 0.787. The van der Waals surface area contributed by atoms with Gasteiger partial charge in [-0.1, -0.05) is 6.42 Å². The third-order valence-corrected chi connectivity index (χ3v) is 3.68. The molecule has 2 nitrogen and oxygen atoms in total. The highest BCUT2D eigenvalue weighted by Gasteiger charge is 2.16. The summed E-state index contributed by atoms with van der Waals surface area (Å²) in [4.78, 5) is 1.26. The molecule has 1 aliphatic carbocycles. The molecule has 3 heteroatoms. The van der Waals surface area contributed by atoms with Crippen LogP contribution in [0.5, 0.6) is 0 Å². The van der Waals surface area contributed by atoms with E-state index in [-0.39, 0.29) is 0 Å². The molecule has 0 bridgehead atoms. The van der Waals surface area contributed by atoms with Gasteiger partial charge in [0.25, 0.3) is 0 Å². The molecule has 74 valence electrons. The average molecular weight is 206 g/mol. The van der Waals surface area contributed by atoms with E-state index in [4.69, 9.17) is 5.26 Å². The Kier molecular flexibility index (Phi) is 3.18. The first kappa shape index (κ1) is 9.70. The van der Waals surface area contributed by atoms with Gasteiger partial charge in [-0.25, -0.2) is 0 Å². The molecule has 1 N–H and O–H groups in total. The van der Waals surface area contributed by atoms with Crippen molar-refractivity contribution in [3.8, 4) is 6.07 Å².